The molecule has 0 aliphatic carbocycles. The molecule has 2 amide bonds. The number of amides is 2. The lowest BCUT2D eigenvalue weighted by atomic mass is 10.2. The first-order chi connectivity index (χ1) is 11.7. The third-order valence-electron chi connectivity index (χ3n) is 3.88. The van der Waals surface area contributed by atoms with Gasteiger partial charge >= 0.3 is 0 Å². The van der Waals surface area contributed by atoms with E-state index in [1.165, 1.54) is 0 Å². The zero-order valence-electron chi connectivity index (χ0n) is 13.4. The Morgan fingerprint density at radius 2 is 1.92 bits per heavy atom. The van der Waals surface area contributed by atoms with Crippen molar-refractivity contribution in [1.82, 2.24) is 5.32 Å². The predicted octanol–water partition coefficient (Wildman–Crippen LogP) is 2.60. The summed E-state index contributed by atoms with van der Waals surface area (Å²) in [6.07, 6.45) is 1.95. The molecule has 1 aliphatic heterocycles. The van der Waals surface area contributed by atoms with Gasteiger partial charge in [-0.05, 0) is 30.5 Å². The third-order valence-corrected chi connectivity index (χ3v) is 4.68. The summed E-state index contributed by atoms with van der Waals surface area (Å²) in [5.74, 6) is -0.149. The number of carbonyl (C=O) groups excluding carboxylic acids is 2. The lowest BCUT2D eigenvalue weighted by Gasteiger charge is -2.30. The minimum atomic E-state index is -0.145. The van der Waals surface area contributed by atoms with Gasteiger partial charge in [0.05, 0.1) is 23.5 Å². The van der Waals surface area contributed by atoms with Gasteiger partial charge in [-0.3, -0.25) is 9.59 Å². The fourth-order valence-corrected chi connectivity index (χ4v) is 3.32. The lowest BCUT2D eigenvalue weighted by Crippen LogP contribution is -2.47. The maximum absolute atomic E-state index is 12.7. The van der Waals surface area contributed by atoms with E-state index in [2.05, 4.69) is 10.6 Å². The van der Waals surface area contributed by atoms with Crippen molar-refractivity contribution in [3.05, 3.63) is 54.1 Å². The van der Waals surface area contributed by atoms with Crippen LogP contribution in [-0.4, -0.2) is 37.7 Å². The van der Waals surface area contributed by atoms with E-state index in [0.717, 1.165) is 17.1 Å². The highest BCUT2D eigenvalue weighted by Gasteiger charge is 2.20. The standard InChI is InChI=1S/C18H19N3O2S/c1-24-16-9-5-2-6-13(16)18(23)20-14-7-3-4-8-15(14)21-11-10-19-17(22)12-21/h2-9H,10-12H2,1H3,(H,19,22)(H,20,23). The molecule has 3 rings (SSSR count). The number of thioether (sulfide) groups is 1. The van der Waals surface area contributed by atoms with Crippen molar-refractivity contribution in [3.8, 4) is 0 Å². The van der Waals surface area contributed by atoms with Gasteiger partial charge in [-0.15, -0.1) is 11.8 Å². The van der Waals surface area contributed by atoms with Crippen LogP contribution in [0.25, 0.3) is 0 Å². The molecular weight excluding hydrogens is 322 g/mol. The van der Waals surface area contributed by atoms with Gasteiger partial charge in [0.25, 0.3) is 5.91 Å². The zero-order valence-corrected chi connectivity index (χ0v) is 14.2. The number of benzene rings is 2. The molecule has 1 saturated heterocycles. The number of hydrogen-bond donors (Lipinski definition) is 2. The molecule has 24 heavy (non-hydrogen) atoms. The Balaban J connectivity index is 1.85. The highest BCUT2D eigenvalue weighted by atomic mass is 32.2. The summed E-state index contributed by atoms with van der Waals surface area (Å²) in [7, 11) is 0. The number of anilines is 2. The highest BCUT2D eigenvalue weighted by Crippen LogP contribution is 2.28. The Morgan fingerprint density at radius 1 is 1.17 bits per heavy atom. The average molecular weight is 341 g/mol. The molecule has 6 heteroatoms. The normalized spacial score (nSPS) is 14.2. The van der Waals surface area contributed by atoms with Crippen molar-refractivity contribution >= 4 is 35.0 Å². The topological polar surface area (TPSA) is 61.4 Å². The molecule has 124 valence electrons. The first-order valence-corrected chi connectivity index (χ1v) is 8.96. The molecule has 1 heterocycles. The zero-order chi connectivity index (χ0) is 16.9. The van der Waals surface area contributed by atoms with E-state index in [1.807, 2.05) is 59.7 Å². The molecule has 0 spiro atoms. The van der Waals surface area contributed by atoms with E-state index in [-0.39, 0.29) is 11.8 Å². The van der Waals surface area contributed by atoms with Crippen LogP contribution in [0.2, 0.25) is 0 Å². The van der Waals surface area contributed by atoms with E-state index < -0.39 is 0 Å². The molecule has 2 N–H and O–H groups in total. The van der Waals surface area contributed by atoms with Crippen LogP contribution in [0.5, 0.6) is 0 Å². The van der Waals surface area contributed by atoms with E-state index in [1.54, 1.807) is 11.8 Å². The van der Waals surface area contributed by atoms with Crippen molar-refractivity contribution in [1.29, 1.82) is 0 Å². The van der Waals surface area contributed by atoms with Gasteiger partial charge in [-0.2, -0.15) is 0 Å². The molecule has 0 aromatic heterocycles. The highest BCUT2D eigenvalue weighted by molar-refractivity contribution is 7.98. The van der Waals surface area contributed by atoms with Gasteiger partial charge in [0.2, 0.25) is 5.91 Å². The van der Waals surface area contributed by atoms with Crippen LogP contribution in [0.4, 0.5) is 11.4 Å². The van der Waals surface area contributed by atoms with E-state index >= 15 is 0 Å². The van der Waals surface area contributed by atoms with Crippen molar-refractivity contribution < 1.29 is 9.59 Å². The van der Waals surface area contributed by atoms with Crippen molar-refractivity contribution in [3.63, 3.8) is 0 Å². The van der Waals surface area contributed by atoms with Crippen molar-refractivity contribution in [2.75, 3.05) is 36.1 Å². The fraction of sp³-hybridized carbons (Fsp3) is 0.222. The smallest absolute Gasteiger partial charge is 0.256 e. The summed E-state index contributed by atoms with van der Waals surface area (Å²) in [5, 5.41) is 5.80. The Labute approximate surface area is 145 Å². The number of carbonyl (C=O) groups is 2. The summed E-state index contributed by atoms with van der Waals surface area (Å²) >= 11 is 1.54. The molecule has 1 aliphatic rings. The van der Waals surface area contributed by atoms with Crippen molar-refractivity contribution in [2.45, 2.75) is 4.90 Å². The van der Waals surface area contributed by atoms with Gasteiger partial charge in [-0.1, -0.05) is 24.3 Å². The number of nitrogens with one attached hydrogen (secondary N) is 2. The third kappa shape index (κ3) is 3.54. The molecule has 2 aromatic rings. The molecule has 0 unspecified atom stereocenters. The summed E-state index contributed by atoms with van der Waals surface area (Å²) in [6.45, 7) is 1.63. The number of hydrogen-bond acceptors (Lipinski definition) is 4. The lowest BCUT2D eigenvalue weighted by molar-refractivity contribution is -0.120. The molecule has 0 radical (unpaired) electrons. The van der Waals surface area contributed by atoms with E-state index in [9.17, 15) is 9.59 Å². The second-order valence-corrected chi connectivity index (χ2v) is 6.29. The molecule has 1 fully saturated rings. The Hall–Kier alpha value is -2.47. The monoisotopic (exact) mass is 341 g/mol. The largest absolute Gasteiger partial charge is 0.359 e. The van der Waals surface area contributed by atoms with Gasteiger partial charge < -0.3 is 15.5 Å². The van der Waals surface area contributed by atoms with Crippen LogP contribution in [0, 0.1) is 0 Å². The number of nitrogens with zero attached hydrogens (tertiary/aromatic N) is 1. The van der Waals surface area contributed by atoms with Crippen LogP contribution in [0.15, 0.2) is 53.4 Å². The average Bonchev–Trinajstić information content (AvgIpc) is 2.62. The quantitative estimate of drug-likeness (QED) is 0.839. The molecule has 0 saturated carbocycles. The minimum Gasteiger partial charge on any atom is -0.359 e. The van der Waals surface area contributed by atoms with Gasteiger partial charge in [0.1, 0.15) is 0 Å². The predicted molar refractivity (Wildman–Crippen MR) is 97.8 cm³/mol. The van der Waals surface area contributed by atoms with Crippen LogP contribution in [0.1, 0.15) is 10.4 Å². The Bertz CT molecular complexity index is 763. The Kier molecular flexibility index (Phi) is 5.05. The van der Waals surface area contributed by atoms with E-state index in [0.29, 0.717) is 24.3 Å². The van der Waals surface area contributed by atoms with Crippen LogP contribution < -0.4 is 15.5 Å². The number of para-hydroxylation sites is 2. The first-order valence-electron chi connectivity index (χ1n) is 7.74. The Morgan fingerprint density at radius 3 is 2.71 bits per heavy atom. The first kappa shape index (κ1) is 16.4. The van der Waals surface area contributed by atoms with Crippen LogP contribution in [-0.2, 0) is 4.79 Å². The van der Waals surface area contributed by atoms with Gasteiger partial charge in [-0.25, -0.2) is 0 Å². The second kappa shape index (κ2) is 7.40. The summed E-state index contributed by atoms with van der Waals surface area (Å²) in [5.41, 5.74) is 2.23. The SMILES string of the molecule is CSc1ccccc1C(=O)Nc1ccccc1N1CCNC(=O)C1. The molecule has 0 bridgehead atoms. The van der Waals surface area contributed by atoms with Crippen molar-refractivity contribution in [2.24, 2.45) is 0 Å². The summed E-state index contributed by atoms with van der Waals surface area (Å²) in [6, 6.07) is 15.1. The summed E-state index contributed by atoms with van der Waals surface area (Å²) in [4.78, 5) is 27.2. The molecule has 5 nitrogen and oxygen atoms in total. The second-order valence-electron chi connectivity index (χ2n) is 5.44. The summed E-state index contributed by atoms with van der Waals surface area (Å²) < 4.78 is 0. The van der Waals surface area contributed by atoms with Crippen LogP contribution in [0.3, 0.4) is 0 Å². The van der Waals surface area contributed by atoms with Crippen LogP contribution >= 0.6 is 11.8 Å². The molecular formula is C18H19N3O2S. The molecule has 0 atom stereocenters. The maximum Gasteiger partial charge on any atom is 0.256 e. The fourth-order valence-electron chi connectivity index (χ4n) is 2.72. The minimum absolute atomic E-state index is 0.00453. The number of piperazine rings is 1. The van der Waals surface area contributed by atoms with E-state index in [4.69, 9.17) is 0 Å². The maximum atomic E-state index is 12.7. The number of rotatable bonds is 4. The molecule has 2 aromatic carbocycles. The van der Waals surface area contributed by atoms with Gasteiger partial charge in [0.15, 0.2) is 0 Å². The van der Waals surface area contributed by atoms with Gasteiger partial charge in [0, 0.05) is 18.0 Å².